The smallest absolute Gasteiger partial charge is 0.269 e. The molecule has 0 amide bonds. The van der Waals surface area contributed by atoms with E-state index in [1.165, 1.54) is 12.1 Å². The van der Waals surface area contributed by atoms with Crippen LogP contribution in [-0.4, -0.2) is 17.2 Å². The SMILES string of the molecule is O=[N+]([O-])c1ccc(C2=NCCC2)cc1. The van der Waals surface area contributed by atoms with Gasteiger partial charge in [0.1, 0.15) is 0 Å². The van der Waals surface area contributed by atoms with E-state index in [2.05, 4.69) is 4.99 Å². The minimum Gasteiger partial charge on any atom is -0.289 e. The zero-order chi connectivity index (χ0) is 9.97. The second-order valence-electron chi connectivity index (χ2n) is 3.24. The van der Waals surface area contributed by atoms with Crippen LogP contribution >= 0.6 is 0 Å². The number of hydrogen-bond acceptors (Lipinski definition) is 3. The van der Waals surface area contributed by atoms with Gasteiger partial charge in [0, 0.05) is 24.4 Å². The van der Waals surface area contributed by atoms with E-state index in [9.17, 15) is 10.1 Å². The summed E-state index contributed by atoms with van der Waals surface area (Å²) in [4.78, 5) is 14.3. The lowest BCUT2D eigenvalue weighted by Crippen LogP contribution is -1.96. The molecular weight excluding hydrogens is 180 g/mol. The predicted molar refractivity (Wildman–Crippen MR) is 53.7 cm³/mol. The number of rotatable bonds is 2. The highest BCUT2D eigenvalue weighted by Gasteiger charge is 2.10. The minimum absolute atomic E-state index is 0.132. The van der Waals surface area contributed by atoms with Crippen LogP contribution in [0.4, 0.5) is 5.69 Å². The highest BCUT2D eigenvalue weighted by atomic mass is 16.6. The van der Waals surface area contributed by atoms with Gasteiger partial charge in [0.05, 0.1) is 4.92 Å². The van der Waals surface area contributed by atoms with E-state index in [1.54, 1.807) is 12.1 Å². The molecule has 2 rings (SSSR count). The largest absolute Gasteiger partial charge is 0.289 e. The van der Waals surface area contributed by atoms with E-state index in [0.717, 1.165) is 30.7 Å². The molecule has 0 radical (unpaired) electrons. The van der Waals surface area contributed by atoms with Crippen LogP contribution in [0.25, 0.3) is 0 Å². The van der Waals surface area contributed by atoms with Crippen LogP contribution in [0, 0.1) is 10.1 Å². The fourth-order valence-electron chi connectivity index (χ4n) is 1.55. The molecule has 14 heavy (non-hydrogen) atoms. The van der Waals surface area contributed by atoms with Gasteiger partial charge in [-0.15, -0.1) is 0 Å². The summed E-state index contributed by atoms with van der Waals surface area (Å²) in [5.74, 6) is 0. The monoisotopic (exact) mass is 190 g/mol. The van der Waals surface area contributed by atoms with Crippen molar-refractivity contribution < 1.29 is 4.92 Å². The molecule has 4 heteroatoms. The van der Waals surface area contributed by atoms with Crippen molar-refractivity contribution in [2.75, 3.05) is 6.54 Å². The zero-order valence-corrected chi connectivity index (χ0v) is 7.64. The molecule has 1 aromatic rings. The van der Waals surface area contributed by atoms with Gasteiger partial charge < -0.3 is 0 Å². The third-order valence-electron chi connectivity index (χ3n) is 2.29. The van der Waals surface area contributed by atoms with Gasteiger partial charge in [-0.05, 0) is 30.5 Å². The highest BCUT2D eigenvalue weighted by Crippen LogP contribution is 2.16. The van der Waals surface area contributed by atoms with Gasteiger partial charge >= 0.3 is 0 Å². The summed E-state index contributed by atoms with van der Waals surface area (Å²) < 4.78 is 0. The number of nitro groups is 1. The third kappa shape index (κ3) is 1.64. The Balaban J connectivity index is 2.25. The summed E-state index contributed by atoms with van der Waals surface area (Å²) in [5.41, 5.74) is 2.21. The lowest BCUT2D eigenvalue weighted by Gasteiger charge is -1.98. The summed E-state index contributed by atoms with van der Waals surface area (Å²) in [7, 11) is 0. The van der Waals surface area contributed by atoms with Gasteiger partial charge in [-0.3, -0.25) is 15.1 Å². The first-order valence-electron chi connectivity index (χ1n) is 4.55. The Morgan fingerprint density at radius 3 is 2.50 bits per heavy atom. The van der Waals surface area contributed by atoms with E-state index in [4.69, 9.17) is 0 Å². The average molecular weight is 190 g/mol. The number of aliphatic imine (C=N–C) groups is 1. The first-order valence-corrected chi connectivity index (χ1v) is 4.55. The Hall–Kier alpha value is -1.71. The summed E-state index contributed by atoms with van der Waals surface area (Å²) in [6.07, 6.45) is 2.07. The number of benzene rings is 1. The number of nitro benzene ring substituents is 1. The fraction of sp³-hybridized carbons (Fsp3) is 0.300. The van der Waals surface area contributed by atoms with Gasteiger partial charge in [0.25, 0.3) is 5.69 Å². The van der Waals surface area contributed by atoms with Crippen LogP contribution in [0.2, 0.25) is 0 Å². The lowest BCUT2D eigenvalue weighted by atomic mass is 10.1. The first kappa shape index (κ1) is 8.87. The molecule has 0 atom stereocenters. The molecule has 0 saturated carbocycles. The maximum Gasteiger partial charge on any atom is 0.269 e. The van der Waals surface area contributed by atoms with Crippen LogP contribution in [0.5, 0.6) is 0 Å². The molecule has 1 aliphatic heterocycles. The Bertz CT molecular complexity index is 382. The van der Waals surface area contributed by atoms with E-state index >= 15 is 0 Å². The molecule has 0 N–H and O–H groups in total. The number of nitrogens with zero attached hydrogens (tertiary/aromatic N) is 2. The van der Waals surface area contributed by atoms with E-state index in [0.29, 0.717) is 0 Å². The average Bonchev–Trinajstić information content (AvgIpc) is 2.71. The Kier molecular flexibility index (Phi) is 2.26. The van der Waals surface area contributed by atoms with Crippen molar-refractivity contribution in [3.8, 4) is 0 Å². The number of non-ortho nitro benzene ring substituents is 1. The first-order chi connectivity index (χ1) is 6.77. The predicted octanol–water partition coefficient (Wildman–Crippen LogP) is 2.18. The molecule has 1 heterocycles. The second kappa shape index (κ2) is 3.57. The summed E-state index contributed by atoms with van der Waals surface area (Å²) in [6, 6.07) is 6.58. The zero-order valence-electron chi connectivity index (χ0n) is 7.64. The van der Waals surface area contributed by atoms with Gasteiger partial charge in [0.15, 0.2) is 0 Å². The van der Waals surface area contributed by atoms with Gasteiger partial charge in [-0.1, -0.05) is 0 Å². The summed E-state index contributed by atoms with van der Waals surface area (Å²) in [6.45, 7) is 0.881. The molecule has 1 aliphatic rings. The van der Waals surface area contributed by atoms with Crippen molar-refractivity contribution in [2.45, 2.75) is 12.8 Å². The van der Waals surface area contributed by atoms with Crippen molar-refractivity contribution in [3.63, 3.8) is 0 Å². The second-order valence-corrected chi connectivity index (χ2v) is 3.24. The van der Waals surface area contributed by atoms with E-state index in [-0.39, 0.29) is 10.6 Å². The quantitative estimate of drug-likeness (QED) is 0.530. The molecule has 0 bridgehead atoms. The van der Waals surface area contributed by atoms with Crippen molar-refractivity contribution >= 4 is 11.4 Å². The molecule has 0 unspecified atom stereocenters. The van der Waals surface area contributed by atoms with Crippen molar-refractivity contribution in [1.29, 1.82) is 0 Å². The van der Waals surface area contributed by atoms with Crippen LogP contribution in [0.3, 0.4) is 0 Å². The van der Waals surface area contributed by atoms with Crippen LogP contribution < -0.4 is 0 Å². The molecular formula is C10H10N2O2. The Morgan fingerprint density at radius 2 is 2.00 bits per heavy atom. The highest BCUT2D eigenvalue weighted by molar-refractivity contribution is 6.01. The van der Waals surface area contributed by atoms with Gasteiger partial charge in [0.2, 0.25) is 0 Å². The maximum absolute atomic E-state index is 10.4. The molecule has 0 spiro atoms. The van der Waals surface area contributed by atoms with Crippen LogP contribution in [-0.2, 0) is 0 Å². The topological polar surface area (TPSA) is 55.5 Å². The molecule has 4 nitrogen and oxygen atoms in total. The standard InChI is InChI=1S/C10H10N2O2/c13-12(14)9-5-3-8(4-6-9)10-2-1-7-11-10/h3-6H,1-2,7H2. The molecule has 0 aliphatic carbocycles. The molecule has 72 valence electrons. The summed E-state index contributed by atoms with van der Waals surface area (Å²) in [5, 5.41) is 10.4. The Labute approximate surface area is 81.4 Å². The number of hydrogen-bond donors (Lipinski definition) is 0. The Morgan fingerprint density at radius 1 is 1.29 bits per heavy atom. The molecule has 0 fully saturated rings. The molecule has 1 aromatic carbocycles. The van der Waals surface area contributed by atoms with Crippen molar-refractivity contribution in [3.05, 3.63) is 39.9 Å². The lowest BCUT2D eigenvalue weighted by molar-refractivity contribution is -0.384. The van der Waals surface area contributed by atoms with E-state index in [1.807, 2.05) is 0 Å². The van der Waals surface area contributed by atoms with Crippen LogP contribution in [0.1, 0.15) is 18.4 Å². The molecule has 0 aromatic heterocycles. The van der Waals surface area contributed by atoms with Crippen LogP contribution in [0.15, 0.2) is 29.3 Å². The van der Waals surface area contributed by atoms with Crippen molar-refractivity contribution in [2.24, 2.45) is 4.99 Å². The minimum atomic E-state index is -0.389. The fourth-order valence-corrected chi connectivity index (χ4v) is 1.55. The van der Waals surface area contributed by atoms with E-state index < -0.39 is 0 Å². The van der Waals surface area contributed by atoms with Gasteiger partial charge in [-0.2, -0.15) is 0 Å². The van der Waals surface area contributed by atoms with Gasteiger partial charge in [-0.25, -0.2) is 0 Å². The molecule has 0 saturated heterocycles. The normalized spacial score (nSPS) is 15.3. The third-order valence-corrected chi connectivity index (χ3v) is 2.29. The van der Waals surface area contributed by atoms with Crippen molar-refractivity contribution in [1.82, 2.24) is 0 Å². The summed E-state index contributed by atoms with van der Waals surface area (Å²) >= 11 is 0. The maximum atomic E-state index is 10.4.